The van der Waals surface area contributed by atoms with Gasteiger partial charge in [-0.2, -0.15) is 5.10 Å². The van der Waals surface area contributed by atoms with Crippen LogP contribution in [-0.2, 0) is 10.0 Å². The number of aryl methyl sites for hydroxylation is 1. The second-order valence-electron chi connectivity index (χ2n) is 8.22. The highest BCUT2D eigenvalue weighted by molar-refractivity contribution is 7.92. The summed E-state index contributed by atoms with van der Waals surface area (Å²) in [5, 5.41) is 5.38. The van der Waals surface area contributed by atoms with Gasteiger partial charge in [0.2, 0.25) is 0 Å². The molecule has 0 bridgehead atoms. The van der Waals surface area contributed by atoms with Crippen LogP contribution in [0.1, 0.15) is 26.5 Å². The van der Waals surface area contributed by atoms with Gasteiger partial charge in [0.25, 0.3) is 10.0 Å². The van der Waals surface area contributed by atoms with Crippen molar-refractivity contribution in [3.63, 3.8) is 0 Å². The van der Waals surface area contributed by atoms with Crippen LogP contribution in [0.2, 0.25) is 0 Å². The Morgan fingerprint density at radius 3 is 2.45 bits per heavy atom. The van der Waals surface area contributed by atoms with Gasteiger partial charge in [-0.25, -0.2) is 13.1 Å². The Kier molecular flexibility index (Phi) is 5.18. The van der Waals surface area contributed by atoms with E-state index in [-0.39, 0.29) is 10.5 Å². The van der Waals surface area contributed by atoms with E-state index in [9.17, 15) is 8.42 Å². The summed E-state index contributed by atoms with van der Waals surface area (Å²) in [4.78, 5) is 4.51. The lowest BCUT2D eigenvalue weighted by Crippen LogP contribution is -2.23. The predicted molar refractivity (Wildman–Crippen MR) is 121 cm³/mol. The smallest absolute Gasteiger partial charge is 0.263 e. The Balaban J connectivity index is 1.69. The topological polar surface area (TPSA) is 86.1 Å². The van der Waals surface area contributed by atoms with Gasteiger partial charge >= 0.3 is 0 Å². The van der Waals surface area contributed by atoms with Crippen molar-refractivity contribution in [2.24, 2.45) is 0 Å². The minimum absolute atomic E-state index is 0.138. The van der Waals surface area contributed by atoms with E-state index in [1.807, 2.05) is 58.0 Å². The van der Waals surface area contributed by atoms with Crippen molar-refractivity contribution in [2.45, 2.75) is 38.2 Å². The van der Waals surface area contributed by atoms with Crippen LogP contribution < -0.4 is 9.46 Å². The zero-order valence-electron chi connectivity index (χ0n) is 17.8. The maximum atomic E-state index is 13.0. The first-order valence-electron chi connectivity index (χ1n) is 9.85. The number of nitrogens with one attached hydrogen (secondary N) is 1. The van der Waals surface area contributed by atoms with E-state index in [2.05, 4.69) is 14.8 Å². The van der Waals surface area contributed by atoms with Crippen LogP contribution in [0.3, 0.4) is 0 Å². The van der Waals surface area contributed by atoms with Gasteiger partial charge in [0.15, 0.2) is 0 Å². The number of benzene rings is 2. The maximum absolute atomic E-state index is 13.0. The number of pyridine rings is 1. The molecule has 0 amide bonds. The summed E-state index contributed by atoms with van der Waals surface area (Å²) in [6.45, 7) is 7.62. The van der Waals surface area contributed by atoms with Crippen molar-refractivity contribution in [3.05, 3.63) is 72.6 Å². The number of nitrogens with zero attached hydrogens (tertiary/aromatic N) is 3. The lowest BCUT2D eigenvalue weighted by molar-refractivity contribution is 0.131. The van der Waals surface area contributed by atoms with Crippen LogP contribution in [0.5, 0.6) is 5.75 Å². The maximum Gasteiger partial charge on any atom is 0.263 e. The molecule has 2 aromatic heterocycles. The zero-order chi connectivity index (χ0) is 22.2. The average molecular weight is 437 g/mol. The van der Waals surface area contributed by atoms with Crippen molar-refractivity contribution in [1.29, 1.82) is 0 Å². The summed E-state index contributed by atoms with van der Waals surface area (Å²) in [5.41, 5.74) is 1.87. The second-order valence-corrected chi connectivity index (χ2v) is 9.90. The largest absolute Gasteiger partial charge is 0.488 e. The fraction of sp³-hybridized carbons (Fsp3) is 0.217. The van der Waals surface area contributed by atoms with Gasteiger partial charge in [0, 0.05) is 17.6 Å². The summed E-state index contributed by atoms with van der Waals surface area (Å²) in [5.74, 6) is 0.958. The van der Waals surface area contributed by atoms with E-state index in [0.717, 1.165) is 16.6 Å². The Hall–Kier alpha value is -3.39. The van der Waals surface area contributed by atoms with Crippen LogP contribution in [0.25, 0.3) is 16.6 Å². The van der Waals surface area contributed by atoms with Crippen LogP contribution >= 0.6 is 0 Å². The Morgan fingerprint density at radius 2 is 1.74 bits per heavy atom. The molecule has 1 N–H and O–H groups in total. The van der Waals surface area contributed by atoms with E-state index < -0.39 is 10.0 Å². The monoisotopic (exact) mass is 436 g/mol. The van der Waals surface area contributed by atoms with Gasteiger partial charge in [-0.15, -0.1) is 0 Å². The van der Waals surface area contributed by atoms with Crippen molar-refractivity contribution in [2.75, 3.05) is 4.72 Å². The third-order valence-electron chi connectivity index (χ3n) is 4.48. The van der Waals surface area contributed by atoms with E-state index in [0.29, 0.717) is 17.3 Å². The van der Waals surface area contributed by atoms with Crippen LogP contribution in [-0.4, -0.2) is 28.8 Å². The number of hydrogen-bond acceptors (Lipinski definition) is 5. The molecule has 160 valence electrons. The molecule has 0 spiro atoms. The molecule has 2 aromatic carbocycles. The number of ether oxygens (including phenoxy) is 1. The molecule has 31 heavy (non-hydrogen) atoms. The molecule has 0 unspecified atom stereocenters. The summed E-state index contributed by atoms with van der Waals surface area (Å²) in [6.07, 6.45) is 1.72. The van der Waals surface area contributed by atoms with Crippen LogP contribution in [0.4, 0.5) is 5.82 Å². The third-order valence-corrected chi connectivity index (χ3v) is 5.85. The van der Waals surface area contributed by atoms with E-state index in [4.69, 9.17) is 4.74 Å². The normalized spacial score (nSPS) is 12.1. The fourth-order valence-electron chi connectivity index (χ4n) is 3.26. The molecule has 0 fully saturated rings. The molecule has 0 saturated heterocycles. The van der Waals surface area contributed by atoms with E-state index in [1.165, 1.54) is 12.1 Å². The average Bonchev–Trinajstić information content (AvgIpc) is 3.06. The number of aromatic nitrogens is 3. The number of rotatable bonds is 5. The molecular formula is C23H24N4O3S. The molecular weight excluding hydrogens is 412 g/mol. The van der Waals surface area contributed by atoms with Crippen molar-refractivity contribution in [1.82, 2.24) is 14.8 Å². The van der Waals surface area contributed by atoms with Gasteiger partial charge in [-0.1, -0.05) is 6.07 Å². The fourth-order valence-corrected chi connectivity index (χ4v) is 4.30. The first kappa shape index (κ1) is 20.9. The summed E-state index contributed by atoms with van der Waals surface area (Å²) >= 11 is 0. The van der Waals surface area contributed by atoms with Crippen molar-refractivity contribution < 1.29 is 13.2 Å². The first-order chi connectivity index (χ1) is 14.6. The highest BCUT2D eigenvalue weighted by Gasteiger charge is 2.20. The molecule has 4 rings (SSSR count). The number of anilines is 1. The van der Waals surface area contributed by atoms with Crippen molar-refractivity contribution >= 4 is 26.7 Å². The lowest BCUT2D eigenvalue weighted by atomic mass is 10.2. The van der Waals surface area contributed by atoms with Crippen LogP contribution in [0.15, 0.2) is 71.8 Å². The standard InChI is InChI=1S/C23H24N4O3S/c1-16-15-22(27(25-16)21-9-5-8-20-19(21)7-6-14-24-20)26-31(28,29)18-12-10-17(11-13-18)30-23(2,3)4/h5-15,26H,1-4H3. The zero-order valence-corrected chi connectivity index (χ0v) is 18.6. The summed E-state index contributed by atoms with van der Waals surface area (Å²) in [6, 6.07) is 17.5. The summed E-state index contributed by atoms with van der Waals surface area (Å²) in [7, 11) is -3.83. The first-order valence-corrected chi connectivity index (χ1v) is 11.3. The Bertz CT molecular complexity index is 1330. The van der Waals surface area contributed by atoms with Gasteiger partial charge < -0.3 is 4.74 Å². The molecule has 0 aliphatic carbocycles. The highest BCUT2D eigenvalue weighted by atomic mass is 32.2. The molecule has 0 saturated carbocycles. The van der Waals surface area contributed by atoms with E-state index in [1.54, 1.807) is 29.1 Å². The molecule has 8 heteroatoms. The molecule has 0 radical (unpaired) electrons. The predicted octanol–water partition coefficient (Wildman–Crippen LogP) is 4.71. The minimum Gasteiger partial charge on any atom is -0.488 e. The SMILES string of the molecule is Cc1cc(NS(=O)(=O)c2ccc(OC(C)(C)C)cc2)n(-c2cccc3ncccc23)n1. The lowest BCUT2D eigenvalue weighted by Gasteiger charge is -2.21. The van der Waals surface area contributed by atoms with E-state index >= 15 is 0 Å². The van der Waals surface area contributed by atoms with Gasteiger partial charge in [0.1, 0.15) is 17.2 Å². The van der Waals surface area contributed by atoms with Gasteiger partial charge in [0.05, 0.1) is 21.8 Å². The van der Waals surface area contributed by atoms with Crippen molar-refractivity contribution in [3.8, 4) is 11.4 Å². The number of fused-ring (bicyclic) bond motifs is 1. The quantitative estimate of drug-likeness (QED) is 0.490. The van der Waals surface area contributed by atoms with Gasteiger partial charge in [-0.3, -0.25) is 9.71 Å². The second kappa shape index (κ2) is 7.70. The summed E-state index contributed by atoms with van der Waals surface area (Å²) < 4.78 is 36.1. The Labute approximate surface area is 181 Å². The molecule has 0 aliphatic rings. The number of sulfonamides is 1. The molecule has 0 atom stereocenters. The molecule has 0 aliphatic heterocycles. The number of hydrogen-bond donors (Lipinski definition) is 1. The van der Waals surface area contributed by atoms with Gasteiger partial charge in [-0.05, 0) is 76.2 Å². The Morgan fingerprint density at radius 1 is 1.00 bits per heavy atom. The van der Waals surface area contributed by atoms with Crippen LogP contribution in [0, 0.1) is 6.92 Å². The molecule has 2 heterocycles. The highest BCUT2D eigenvalue weighted by Crippen LogP contribution is 2.27. The minimum atomic E-state index is -3.83. The molecule has 4 aromatic rings. The third kappa shape index (κ3) is 4.54. The molecule has 7 nitrogen and oxygen atoms in total.